The summed E-state index contributed by atoms with van der Waals surface area (Å²) in [6.07, 6.45) is 13.3. The molecule has 160 valence electrons. The molecule has 0 unspecified atom stereocenters. The average molecular weight is 402 g/mol. The fraction of sp³-hybridized carbons (Fsp3) is 0.739. The fourth-order valence-electron chi connectivity index (χ4n) is 5.59. The average Bonchev–Trinajstić information content (AvgIpc) is 2.70. The van der Waals surface area contributed by atoms with E-state index in [2.05, 4.69) is 27.0 Å². The van der Waals surface area contributed by atoms with Crippen molar-refractivity contribution in [1.29, 1.82) is 0 Å². The first kappa shape index (κ1) is 20.6. The van der Waals surface area contributed by atoms with Gasteiger partial charge in [0.2, 0.25) is 5.88 Å². The molecule has 1 saturated carbocycles. The summed E-state index contributed by atoms with van der Waals surface area (Å²) in [4.78, 5) is 11.5. The lowest BCUT2D eigenvalue weighted by molar-refractivity contribution is -0.150. The van der Waals surface area contributed by atoms with Crippen molar-refractivity contribution in [3.05, 3.63) is 23.9 Å². The molecular formula is C23H35N3O3. The summed E-state index contributed by atoms with van der Waals surface area (Å²) < 4.78 is 11.3. The van der Waals surface area contributed by atoms with E-state index in [1.807, 2.05) is 13.8 Å². The van der Waals surface area contributed by atoms with Crippen LogP contribution in [-0.2, 0) is 5.60 Å². The fourth-order valence-corrected chi connectivity index (χ4v) is 5.59. The van der Waals surface area contributed by atoms with Crippen LogP contribution in [0.4, 0.5) is 0 Å². The molecule has 6 nitrogen and oxygen atoms in total. The summed E-state index contributed by atoms with van der Waals surface area (Å²) in [5, 5.41) is 12.0. The van der Waals surface area contributed by atoms with Gasteiger partial charge >= 0.3 is 6.01 Å². The van der Waals surface area contributed by atoms with E-state index in [-0.39, 0.29) is 11.8 Å². The standard InChI is InChI=1S/C23H35N3O3/c1-3-28-21-20(13-24-22(25-21)29-4-2)23(27)18-11-8-12-19(23)16-26(15-18)14-17-9-6-5-7-10-17/h5-6,13,17-19,27H,3-4,7-12,14-16H2,1-2H3/t17-,18-,19-/m0/s1. The van der Waals surface area contributed by atoms with Gasteiger partial charge in [-0.2, -0.15) is 4.98 Å². The van der Waals surface area contributed by atoms with Crippen molar-refractivity contribution in [1.82, 2.24) is 14.9 Å². The molecule has 1 aliphatic heterocycles. The molecule has 6 heteroatoms. The van der Waals surface area contributed by atoms with Crippen LogP contribution in [0.2, 0.25) is 0 Å². The minimum Gasteiger partial charge on any atom is -0.478 e. The molecule has 2 heterocycles. The van der Waals surface area contributed by atoms with Crippen molar-refractivity contribution in [2.24, 2.45) is 17.8 Å². The van der Waals surface area contributed by atoms with E-state index in [9.17, 15) is 5.11 Å². The molecule has 1 aromatic heterocycles. The zero-order chi connectivity index (χ0) is 20.3. The molecule has 0 aromatic carbocycles. The van der Waals surface area contributed by atoms with E-state index in [1.54, 1.807) is 6.20 Å². The second-order valence-corrected chi connectivity index (χ2v) is 8.76. The number of hydrogen-bond donors (Lipinski definition) is 1. The number of likely N-dealkylation sites (tertiary alicyclic amines) is 1. The smallest absolute Gasteiger partial charge is 0.319 e. The highest BCUT2D eigenvalue weighted by Gasteiger charge is 2.53. The number of allylic oxidation sites excluding steroid dienone is 2. The number of ether oxygens (including phenoxy) is 2. The van der Waals surface area contributed by atoms with E-state index in [1.165, 1.54) is 25.7 Å². The van der Waals surface area contributed by atoms with Crippen LogP contribution in [0.25, 0.3) is 0 Å². The van der Waals surface area contributed by atoms with E-state index in [0.29, 0.717) is 25.1 Å². The van der Waals surface area contributed by atoms with Gasteiger partial charge in [-0.1, -0.05) is 18.6 Å². The molecule has 2 bridgehead atoms. The second-order valence-electron chi connectivity index (χ2n) is 8.76. The van der Waals surface area contributed by atoms with Gasteiger partial charge in [0.25, 0.3) is 0 Å². The van der Waals surface area contributed by atoms with E-state index in [0.717, 1.165) is 44.0 Å². The van der Waals surface area contributed by atoms with Crippen molar-refractivity contribution < 1.29 is 14.6 Å². The Labute approximate surface area is 174 Å². The van der Waals surface area contributed by atoms with Gasteiger partial charge in [-0.05, 0) is 51.9 Å². The normalized spacial score (nSPS) is 32.2. The minimum absolute atomic E-state index is 0.190. The molecule has 1 aromatic rings. The molecule has 1 saturated heterocycles. The Morgan fingerprint density at radius 1 is 1.10 bits per heavy atom. The van der Waals surface area contributed by atoms with Crippen LogP contribution in [0.15, 0.2) is 18.3 Å². The lowest BCUT2D eigenvalue weighted by Gasteiger charge is -2.53. The zero-order valence-corrected chi connectivity index (χ0v) is 17.8. The molecule has 29 heavy (non-hydrogen) atoms. The highest BCUT2D eigenvalue weighted by atomic mass is 16.5. The van der Waals surface area contributed by atoms with Gasteiger partial charge in [-0.15, -0.1) is 0 Å². The van der Waals surface area contributed by atoms with Gasteiger partial charge in [0.1, 0.15) is 5.60 Å². The number of piperidine rings is 1. The Hall–Kier alpha value is -1.66. The molecule has 0 radical (unpaired) electrons. The highest BCUT2D eigenvalue weighted by molar-refractivity contribution is 5.34. The maximum absolute atomic E-state index is 12.0. The summed E-state index contributed by atoms with van der Waals surface area (Å²) in [7, 11) is 0. The molecule has 2 aliphatic carbocycles. The first-order valence-corrected chi connectivity index (χ1v) is 11.4. The first-order valence-electron chi connectivity index (χ1n) is 11.4. The van der Waals surface area contributed by atoms with Crippen LogP contribution in [0.1, 0.15) is 57.9 Å². The predicted octanol–water partition coefficient (Wildman–Crippen LogP) is 3.55. The van der Waals surface area contributed by atoms with Crippen LogP contribution in [-0.4, -0.2) is 52.8 Å². The Morgan fingerprint density at radius 2 is 1.86 bits per heavy atom. The molecule has 2 fully saturated rings. The van der Waals surface area contributed by atoms with Crippen molar-refractivity contribution in [3.8, 4) is 11.9 Å². The van der Waals surface area contributed by atoms with Crippen LogP contribution in [0.3, 0.4) is 0 Å². The van der Waals surface area contributed by atoms with Gasteiger partial charge < -0.3 is 19.5 Å². The quantitative estimate of drug-likeness (QED) is 0.705. The third-order valence-corrected chi connectivity index (χ3v) is 6.92. The van der Waals surface area contributed by atoms with Gasteiger partial charge in [0.05, 0.1) is 18.8 Å². The second kappa shape index (κ2) is 9.00. The Kier molecular flexibility index (Phi) is 6.40. The SMILES string of the molecule is CCOc1ncc(C2(O)[C@H]3CCC[C@H]2CN(C[C@H]2CC=CCC2)C3)c(OCC)n1. The summed E-state index contributed by atoms with van der Waals surface area (Å²) in [5.74, 6) is 1.61. The third-order valence-electron chi connectivity index (χ3n) is 6.92. The summed E-state index contributed by atoms with van der Waals surface area (Å²) in [6, 6.07) is 0.316. The van der Waals surface area contributed by atoms with Crippen LogP contribution in [0, 0.1) is 17.8 Å². The number of nitrogens with zero attached hydrogens (tertiary/aromatic N) is 3. The zero-order valence-electron chi connectivity index (χ0n) is 17.8. The van der Waals surface area contributed by atoms with Gasteiger partial charge in [0, 0.05) is 37.7 Å². The molecule has 4 rings (SSSR count). The van der Waals surface area contributed by atoms with Gasteiger partial charge in [-0.25, -0.2) is 4.98 Å². The van der Waals surface area contributed by atoms with Crippen LogP contribution in [0.5, 0.6) is 11.9 Å². The lowest BCUT2D eigenvalue weighted by Crippen LogP contribution is -2.58. The maximum Gasteiger partial charge on any atom is 0.319 e. The molecule has 0 amide bonds. The maximum atomic E-state index is 12.0. The molecule has 1 N–H and O–H groups in total. The van der Waals surface area contributed by atoms with E-state index >= 15 is 0 Å². The summed E-state index contributed by atoms with van der Waals surface area (Å²) >= 11 is 0. The van der Waals surface area contributed by atoms with E-state index < -0.39 is 5.60 Å². The Morgan fingerprint density at radius 3 is 2.52 bits per heavy atom. The van der Waals surface area contributed by atoms with Gasteiger partial charge in [0.15, 0.2) is 0 Å². The number of hydrogen-bond acceptors (Lipinski definition) is 6. The molecule has 3 atom stereocenters. The Bertz CT molecular complexity index is 709. The molecule has 0 spiro atoms. The van der Waals surface area contributed by atoms with Gasteiger partial charge in [-0.3, -0.25) is 0 Å². The van der Waals surface area contributed by atoms with Crippen LogP contribution < -0.4 is 9.47 Å². The number of aliphatic hydroxyl groups is 1. The topological polar surface area (TPSA) is 67.7 Å². The number of aromatic nitrogens is 2. The summed E-state index contributed by atoms with van der Waals surface area (Å²) in [6.45, 7) is 7.88. The monoisotopic (exact) mass is 401 g/mol. The van der Waals surface area contributed by atoms with Crippen molar-refractivity contribution in [3.63, 3.8) is 0 Å². The Balaban J connectivity index is 1.58. The predicted molar refractivity (Wildman–Crippen MR) is 112 cm³/mol. The molecule has 3 aliphatic rings. The van der Waals surface area contributed by atoms with Crippen molar-refractivity contribution >= 4 is 0 Å². The van der Waals surface area contributed by atoms with Crippen LogP contribution >= 0.6 is 0 Å². The number of rotatable bonds is 7. The first-order chi connectivity index (χ1) is 14.1. The third kappa shape index (κ3) is 4.15. The van der Waals surface area contributed by atoms with Crippen molar-refractivity contribution in [2.75, 3.05) is 32.8 Å². The number of fused-ring (bicyclic) bond motifs is 2. The minimum atomic E-state index is -0.920. The lowest BCUT2D eigenvalue weighted by atomic mass is 9.63. The van der Waals surface area contributed by atoms with Crippen molar-refractivity contribution in [2.45, 2.75) is 58.0 Å². The highest BCUT2D eigenvalue weighted by Crippen LogP contribution is 2.51. The molecular weight excluding hydrogens is 366 g/mol. The largest absolute Gasteiger partial charge is 0.478 e. The summed E-state index contributed by atoms with van der Waals surface area (Å²) in [5.41, 5.74) is -0.172. The van der Waals surface area contributed by atoms with E-state index in [4.69, 9.17) is 9.47 Å².